The van der Waals surface area contributed by atoms with E-state index >= 15 is 0 Å². The second kappa shape index (κ2) is 8.87. The van der Waals surface area contributed by atoms with Gasteiger partial charge in [-0.2, -0.15) is 0 Å². The van der Waals surface area contributed by atoms with Crippen molar-refractivity contribution in [2.24, 2.45) is 5.92 Å². The van der Waals surface area contributed by atoms with E-state index < -0.39 is 11.9 Å². The van der Waals surface area contributed by atoms with Crippen LogP contribution in [0.1, 0.15) is 31.7 Å². The van der Waals surface area contributed by atoms with E-state index in [4.69, 9.17) is 4.74 Å². The number of hydrogen-bond donors (Lipinski definition) is 2. The number of carboxylic acids is 1. The zero-order chi connectivity index (χ0) is 18.2. The summed E-state index contributed by atoms with van der Waals surface area (Å²) >= 11 is 0. The summed E-state index contributed by atoms with van der Waals surface area (Å²) in [4.78, 5) is 23.9. The van der Waals surface area contributed by atoms with Crippen LogP contribution in [0, 0.1) is 5.92 Å². The fourth-order valence-corrected chi connectivity index (χ4v) is 2.68. The molecule has 0 unspecified atom stereocenters. The lowest BCUT2D eigenvalue weighted by Gasteiger charge is -2.20. The molecular formula is C20H23NO4. The maximum absolute atomic E-state index is 12.3. The molecule has 5 nitrogen and oxygen atoms in total. The number of hydrogen-bond acceptors (Lipinski definition) is 3. The quantitative estimate of drug-likeness (QED) is 0.763. The van der Waals surface area contributed by atoms with Crippen molar-refractivity contribution in [2.75, 3.05) is 11.9 Å². The van der Waals surface area contributed by atoms with Gasteiger partial charge in [0.25, 0.3) is 0 Å². The summed E-state index contributed by atoms with van der Waals surface area (Å²) in [7, 11) is 0. The molecule has 2 aromatic carbocycles. The Bertz CT molecular complexity index is 697. The first kappa shape index (κ1) is 18.5. The lowest BCUT2D eigenvalue weighted by Crippen LogP contribution is -2.26. The first-order valence-corrected chi connectivity index (χ1v) is 8.31. The predicted molar refractivity (Wildman–Crippen MR) is 96.8 cm³/mol. The van der Waals surface area contributed by atoms with Crippen molar-refractivity contribution in [2.45, 2.75) is 26.2 Å². The number of rotatable bonds is 8. The van der Waals surface area contributed by atoms with E-state index in [-0.39, 0.29) is 18.2 Å². The highest BCUT2D eigenvalue weighted by molar-refractivity contribution is 5.93. The van der Waals surface area contributed by atoms with Crippen molar-refractivity contribution in [3.05, 3.63) is 60.2 Å². The van der Waals surface area contributed by atoms with E-state index in [2.05, 4.69) is 5.32 Å². The van der Waals surface area contributed by atoms with Gasteiger partial charge in [-0.15, -0.1) is 0 Å². The normalized spacial score (nSPS) is 12.9. The highest BCUT2D eigenvalue weighted by atomic mass is 16.5. The molecule has 2 rings (SSSR count). The van der Waals surface area contributed by atoms with Gasteiger partial charge < -0.3 is 15.2 Å². The average Bonchev–Trinajstić information content (AvgIpc) is 2.61. The number of anilines is 1. The largest absolute Gasteiger partial charge is 0.494 e. The minimum atomic E-state index is -0.974. The van der Waals surface area contributed by atoms with Crippen molar-refractivity contribution < 1.29 is 19.4 Å². The van der Waals surface area contributed by atoms with Crippen LogP contribution in [0.25, 0.3) is 0 Å². The highest BCUT2D eigenvalue weighted by Crippen LogP contribution is 2.27. The van der Waals surface area contributed by atoms with Crippen LogP contribution in [0.4, 0.5) is 5.69 Å². The second-order valence-corrected chi connectivity index (χ2v) is 5.85. The lowest BCUT2D eigenvalue weighted by atomic mass is 9.85. The molecule has 0 saturated carbocycles. The Morgan fingerprint density at radius 3 is 2.28 bits per heavy atom. The van der Waals surface area contributed by atoms with Gasteiger partial charge in [0.1, 0.15) is 5.75 Å². The Kier molecular flexibility index (Phi) is 6.57. The highest BCUT2D eigenvalue weighted by Gasteiger charge is 2.28. The molecule has 0 spiro atoms. The number of amides is 1. The summed E-state index contributed by atoms with van der Waals surface area (Å²) < 4.78 is 5.35. The maximum atomic E-state index is 12.3. The molecule has 0 aromatic heterocycles. The van der Waals surface area contributed by atoms with Crippen LogP contribution in [0.15, 0.2) is 54.6 Å². The van der Waals surface area contributed by atoms with Crippen molar-refractivity contribution in [3.8, 4) is 5.75 Å². The minimum absolute atomic E-state index is 0.0847. The topological polar surface area (TPSA) is 75.6 Å². The zero-order valence-electron chi connectivity index (χ0n) is 14.4. The van der Waals surface area contributed by atoms with Crippen LogP contribution in [-0.4, -0.2) is 23.6 Å². The van der Waals surface area contributed by atoms with E-state index in [1.54, 1.807) is 24.3 Å². The number of carbonyl (C=O) groups excluding carboxylic acids is 1. The molecular weight excluding hydrogens is 318 g/mol. The molecule has 2 aromatic rings. The van der Waals surface area contributed by atoms with Gasteiger partial charge in [-0.05, 0) is 42.7 Å². The van der Waals surface area contributed by atoms with E-state index in [0.717, 1.165) is 11.3 Å². The summed E-state index contributed by atoms with van der Waals surface area (Å²) in [6, 6.07) is 16.4. The standard InChI is InChI=1S/C20H23NO4/c1-3-25-17-11-9-16(10-12-17)21-19(22)13-18(20(23)24)14(2)15-7-5-4-6-8-15/h4-12,14,18H,3,13H2,1-2H3,(H,21,22)(H,23,24)/t14-,18+/m1/s1. The van der Waals surface area contributed by atoms with Crippen molar-refractivity contribution in [1.82, 2.24) is 0 Å². The van der Waals surface area contributed by atoms with Crippen LogP contribution >= 0.6 is 0 Å². The second-order valence-electron chi connectivity index (χ2n) is 5.85. The molecule has 5 heteroatoms. The van der Waals surface area contributed by atoms with Gasteiger partial charge in [0.2, 0.25) is 5.91 Å². The fourth-order valence-electron chi connectivity index (χ4n) is 2.68. The first-order chi connectivity index (χ1) is 12.0. The van der Waals surface area contributed by atoms with E-state index in [9.17, 15) is 14.7 Å². The molecule has 0 fully saturated rings. The van der Waals surface area contributed by atoms with Gasteiger partial charge in [0.15, 0.2) is 0 Å². The Labute approximate surface area is 147 Å². The molecule has 0 aliphatic rings. The number of nitrogens with one attached hydrogen (secondary N) is 1. The third kappa shape index (κ3) is 5.35. The summed E-state index contributed by atoms with van der Waals surface area (Å²) in [6.45, 7) is 4.30. The monoisotopic (exact) mass is 341 g/mol. The molecule has 0 radical (unpaired) electrons. The molecule has 2 atom stereocenters. The molecule has 0 aliphatic heterocycles. The summed E-state index contributed by atoms with van der Waals surface area (Å²) in [5.74, 6) is -1.62. The summed E-state index contributed by atoms with van der Waals surface area (Å²) in [6.07, 6.45) is -0.0847. The third-order valence-electron chi connectivity index (χ3n) is 4.10. The van der Waals surface area contributed by atoms with Gasteiger partial charge in [0, 0.05) is 12.1 Å². The van der Waals surface area contributed by atoms with Crippen LogP contribution in [-0.2, 0) is 9.59 Å². The molecule has 0 aliphatic carbocycles. The fraction of sp³-hybridized carbons (Fsp3) is 0.300. The number of aliphatic carboxylic acids is 1. The lowest BCUT2D eigenvalue weighted by molar-refractivity contribution is -0.144. The molecule has 132 valence electrons. The maximum Gasteiger partial charge on any atom is 0.307 e. The van der Waals surface area contributed by atoms with Crippen LogP contribution < -0.4 is 10.1 Å². The molecule has 0 saturated heterocycles. The average molecular weight is 341 g/mol. The number of ether oxygens (including phenoxy) is 1. The van der Waals surface area contributed by atoms with Crippen LogP contribution in [0.5, 0.6) is 5.75 Å². The van der Waals surface area contributed by atoms with Crippen molar-refractivity contribution >= 4 is 17.6 Å². The Morgan fingerprint density at radius 1 is 1.08 bits per heavy atom. The molecule has 0 bridgehead atoms. The molecule has 0 heterocycles. The van der Waals surface area contributed by atoms with Crippen LogP contribution in [0.3, 0.4) is 0 Å². The van der Waals surface area contributed by atoms with Crippen molar-refractivity contribution in [1.29, 1.82) is 0 Å². The van der Waals surface area contributed by atoms with Gasteiger partial charge in [0.05, 0.1) is 12.5 Å². The zero-order valence-corrected chi connectivity index (χ0v) is 14.4. The SMILES string of the molecule is CCOc1ccc(NC(=O)C[C@H](C(=O)O)[C@H](C)c2ccccc2)cc1. The Hall–Kier alpha value is -2.82. The Morgan fingerprint density at radius 2 is 1.72 bits per heavy atom. The van der Waals surface area contributed by atoms with E-state index in [1.807, 2.05) is 44.2 Å². The van der Waals surface area contributed by atoms with Gasteiger partial charge in [-0.3, -0.25) is 9.59 Å². The molecule has 2 N–H and O–H groups in total. The number of carbonyl (C=O) groups is 2. The van der Waals surface area contributed by atoms with E-state index in [1.165, 1.54) is 0 Å². The minimum Gasteiger partial charge on any atom is -0.494 e. The Balaban J connectivity index is 2.01. The van der Waals surface area contributed by atoms with Gasteiger partial charge in [-0.25, -0.2) is 0 Å². The van der Waals surface area contributed by atoms with Crippen LogP contribution in [0.2, 0.25) is 0 Å². The summed E-state index contributed by atoms with van der Waals surface area (Å²) in [5, 5.41) is 12.3. The molecule has 1 amide bonds. The number of carboxylic acid groups (broad SMARTS) is 1. The van der Waals surface area contributed by atoms with E-state index in [0.29, 0.717) is 12.3 Å². The van der Waals surface area contributed by atoms with Crippen molar-refractivity contribution in [3.63, 3.8) is 0 Å². The van der Waals surface area contributed by atoms with Gasteiger partial charge in [-0.1, -0.05) is 37.3 Å². The van der Waals surface area contributed by atoms with Gasteiger partial charge >= 0.3 is 5.97 Å². The summed E-state index contributed by atoms with van der Waals surface area (Å²) in [5.41, 5.74) is 1.52. The first-order valence-electron chi connectivity index (χ1n) is 8.31. The third-order valence-corrected chi connectivity index (χ3v) is 4.10. The predicted octanol–water partition coefficient (Wildman–Crippen LogP) is 3.92. The number of benzene rings is 2. The molecule has 25 heavy (non-hydrogen) atoms. The smallest absolute Gasteiger partial charge is 0.307 e.